The molecule has 1 unspecified atom stereocenters. The Bertz CT molecular complexity index is 443. The van der Waals surface area contributed by atoms with Crippen LogP contribution in [-0.2, 0) is 10.1 Å². The highest BCUT2D eigenvalue weighted by Crippen LogP contribution is 2.49. The first-order valence-electron chi connectivity index (χ1n) is 7.30. The fourth-order valence-corrected chi connectivity index (χ4v) is 7.71. The third-order valence-corrected chi connectivity index (χ3v) is 10.1. The zero-order chi connectivity index (χ0) is 15.0. The van der Waals surface area contributed by atoms with Gasteiger partial charge in [-0.1, -0.05) is 69.0 Å². The molecule has 5 heteroatoms. The monoisotopic (exact) mass is 334 g/mol. The van der Waals surface area contributed by atoms with Gasteiger partial charge in [-0.3, -0.25) is 0 Å². The van der Waals surface area contributed by atoms with Crippen LogP contribution in [-0.4, -0.2) is 15.5 Å². The number of aryl methyl sites for hydroxylation is 1. The zero-order valence-corrected chi connectivity index (χ0v) is 15.1. The lowest BCUT2D eigenvalue weighted by atomic mass is 10.1. The van der Waals surface area contributed by atoms with Gasteiger partial charge in [-0.25, -0.2) is 0 Å². The average molecular weight is 334 g/mol. The second-order valence-electron chi connectivity index (χ2n) is 5.16. The van der Waals surface area contributed by atoms with Gasteiger partial charge in [0.05, 0.1) is 0 Å². The summed E-state index contributed by atoms with van der Waals surface area (Å²) >= 11 is 4.08. The normalized spacial score (nSPS) is 13.4. The molecule has 1 rings (SSSR count). The van der Waals surface area contributed by atoms with Crippen molar-refractivity contribution in [2.45, 2.75) is 57.3 Å². The molecule has 0 aliphatic rings. The van der Waals surface area contributed by atoms with E-state index < -0.39 is 15.8 Å². The topological polar surface area (TPSA) is 40.5 Å². The standard InChI is InChI=1S/C15H27O2PS2/c1-3-4-5-6-7-8-13-20(18(16,17)19)15-11-9-14(2)10-12-15/h9-12,16-17,19H,3-8,13H2,1-2H3. The van der Waals surface area contributed by atoms with Crippen LogP contribution in [0.4, 0.5) is 0 Å². The van der Waals surface area contributed by atoms with Gasteiger partial charge in [0.25, 0.3) is 0 Å². The summed E-state index contributed by atoms with van der Waals surface area (Å²) in [5, 5.41) is 0. The van der Waals surface area contributed by atoms with Crippen LogP contribution < -0.4 is 0 Å². The van der Waals surface area contributed by atoms with E-state index in [0.29, 0.717) is 0 Å². The predicted molar refractivity (Wildman–Crippen MR) is 95.4 cm³/mol. The molecule has 0 saturated carbocycles. The van der Waals surface area contributed by atoms with Crippen molar-refractivity contribution < 1.29 is 9.79 Å². The van der Waals surface area contributed by atoms with Crippen molar-refractivity contribution in [3.05, 3.63) is 29.8 Å². The molecule has 0 bridgehead atoms. The molecular formula is C15H27O2PS2. The fourth-order valence-electron chi connectivity index (χ4n) is 2.10. The highest BCUT2D eigenvalue weighted by atomic mass is 32.9. The van der Waals surface area contributed by atoms with Crippen LogP contribution in [0.5, 0.6) is 0 Å². The van der Waals surface area contributed by atoms with Crippen LogP contribution in [0, 0.1) is 6.92 Å². The molecule has 0 aromatic heterocycles. The van der Waals surface area contributed by atoms with E-state index in [2.05, 4.69) is 19.2 Å². The minimum Gasteiger partial charge on any atom is -0.341 e. The Morgan fingerprint density at radius 2 is 1.55 bits per heavy atom. The van der Waals surface area contributed by atoms with E-state index >= 15 is 0 Å². The van der Waals surface area contributed by atoms with Gasteiger partial charge < -0.3 is 9.79 Å². The van der Waals surface area contributed by atoms with E-state index in [-0.39, 0.29) is 0 Å². The van der Waals surface area contributed by atoms with E-state index in [1.165, 1.54) is 37.7 Å². The molecule has 0 amide bonds. The number of rotatable bonds is 8. The van der Waals surface area contributed by atoms with Gasteiger partial charge in [0.1, 0.15) is 0 Å². The molecule has 0 aliphatic heterocycles. The molecule has 0 aliphatic carbocycles. The van der Waals surface area contributed by atoms with Gasteiger partial charge in [0.15, 0.2) is 0 Å². The van der Waals surface area contributed by atoms with Gasteiger partial charge in [-0.2, -0.15) is 0 Å². The molecule has 0 spiro atoms. The summed E-state index contributed by atoms with van der Waals surface area (Å²) in [6, 6.07) is 8.07. The van der Waals surface area contributed by atoms with Crippen molar-refractivity contribution in [3.8, 4) is 0 Å². The van der Waals surface area contributed by atoms with Crippen LogP contribution in [0.15, 0.2) is 29.2 Å². The Labute approximate surface area is 130 Å². The third kappa shape index (κ3) is 6.82. The maximum atomic E-state index is 9.98. The molecule has 116 valence electrons. The lowest BCUT2D eigenvalue weighted by Crippen LogP contribution is -2.00. The quantitative estimate of drug-likeness (QED) is 0.358. The molecule has 20 heavy (non-hydrogen) atoms. The van der Waals surface area contributed by atoms with Crippen molar-refractivity contribution >= 4 is 28.0 Å². The lowest BCUT2D eigenvalue weighted by molar-refractivity contribution is 0.502. The van der Waals surface area contributed by atoms with E-state index in [0.717, 1.165) is 17.1 Å². The van der Waals surface area contributed by atoms with Crippen LogP contribution in [0.25, 0.3) is 0 Å². The Balaban J connectivity index is 2.62. The van der Waals surface area contributed by atoms with Crippen molar-refractivity contribution in [1.29, 1.82) is 0 Å². The van der Waals surface area contributed by atoms with Crippen LogP contribution in [0.2, 0.25) is 0 Å². The highest BCUT2D eigenvalue weighted by molar-refractivity contribution is 8.65. The van der Waals surface area contributed by atoms with Crippen molar-refractivity contribution in [1.82, 2.24) is 0 Å². The summed E-state index contributed by atoms with van der Waals surface area (Å²) in [6.07, 6.45) is 7.30. The summed E-state index contributed by atoms with van der Waals surface area (Å²) in [5.74, 6) is 0.833. The summed E-state index contributed by atoms with van der Waals surface area (Å²) in [7, 11) is -0.534. The molecule has 1 atom stereocenters. The summed E-state index contributed by atoms with van der Waals surface area (Å²) < 4.78 is 0. The third-order valence-electron chi connectivity index (χ3n) is 3.28. The Kier molecular flexibility index (Phi) is 8.54. The molecule has 0 radical (unpaired) electrons. The largest absolute Gasteiger partial charge is 0.341 e. The lowest BCUT2D eigenvalue weighted by Gasteiger charge is -2.16. The molecule has 0 heterocycles. The van der Waals surface area contributed by atoms with Crippen LogP contribution in [0.1, 0.15) is 51.0 Å². The first kappa shape index (κ1) is 18.3. The molecule has 1 aromatic carbocycles. The SMILES string of the molecule is CCCCCCCCS(c1ccc(C)cc1)=P(O)(O)S. The summed E-state index contributed by atoms with van der Waals surface area (Å²) in [6.45, 7) is 4.25. The smallest absolute Gasteiger partial charge is 0.203 e. The molecule has 0 saturated heterocycles. The van der Waals surface area contributed by atoms with Crippen molar-refractivity contribution in [2.75, 3.05) is 5.75 Å². The minimum atomic E-state index is -3.10. The number of benzene rings is 1. The second-order valence-corrected chi connectivity index (χ2v) is 13.1. The second kappa shape index (κ2) is 9.32. The Morgan fingerprint density at radius 3 is 2.10 bits per heavy atom. The zero-order valence-electron chi connectivity index (χ0n) is 12.5. The Hall–Kier alpha value is 0.270. The molecule has 1 aromatic rings. The summed E-state index contributed by atoms with van der Waals surface area (Å²) in [5.41, 5.74) is -1.91. The van der Waals surface area contributed by atoms with Gasteiger partial charge in [-0.15, -0.1) is 10.1 Å². The Morgan fingerprint density at radius 1 is 1.00 bits per heavy atom. The molecule has 2 nitrogen and oxygen atoms in total. The maximum absolute atomic E-state index is 9.98. The van der Waals surface area contributed by atoms with Crippen LogP contribution in [0.3, 0.4) is 0 Å². The van der Waals surface area contributed by atoms with Crippen LogP contribution >= 0.6 is 17.9 Å². The number of hydrogen-bond acceptors (Lipinski definition) is 0. The molecular weight excluding hydrogens is 307 g/mol. The van der Waals surface area contributed by atoms with Gasteiger partial charge in [-0.05, 0) is 31.2 Å². The summed E-state index contributed by atoms with van der Waals surface area (Å²) in [4.78, 5) is 21.0. The molecule has 0 fully saturated rings. The van der Waals surface area contributed by atoms with Crippen molar-refractivity contribution in [3.63, 3.8) is 0 Å². The maximum Gasteiger partial charge on any atom is 0.203 e. The number of thiol groups is 1. The first-order valence-corrected chi connectivity index (χ1v) is 12.2. The molecule has 2 N–H and O–H groups in total. The fraction of sp³-hybridized carbons (Fsp3) is 0.600. The average Bonchev–Trinajstić information content (AvgIpc) is 2.38. The predicted octanol–water partition coefficient (Wildman–Crippen LogP) is 4.92. The van der Waals surface area contributed by atoms with Gasteiger partial charge in [0, 0.05) is 4.90 Å². The first-order chi connectivity index (χ1) is 9.45. The minimum absolute atomic E-state index is 0.534. The van der Waals surface area contributed by atoms with Gasteiger partial charge in [0.2, 0.25) is 5.69 Å². The van der Waals surface area contributed by atoms with E-state index in [4.69, 9.17) is 0 Å². The van der Waals surface area contributed by atoms with Gasteiger partial charge >= 0.3 is 0 Å². The van der Waals surface area contributed by atoms with Crippen molar-refractivity contribution in [2.24, 2.45) is 0 Å². The number of unbranched alkanes of at least 4 members (excludes halogenated alkanes) is 5. The number of hydrogen-bond donors (Lipinski definition) is 3. The highest BCUT2D eigenvalue weighted by Gasteiger charge is 2.13. The van der Waals surface area contributed by atoms with E-state index in [9.17, 15) is 9.79 Å². The van der Waals surface area contributed by atoms with E-state index in [1.54, 1.807) is 0 Å². The van der Waals surface area contributed by atoms with E-state index in [1.807, 2.05) is 31.2 Å².